The van der Waals surface area contributed by atoms with Gasteiger partial charge in [0.05, 0.1) is 11.5 Å². The number of carbonyl (C=O) groups is 1. The molecule has 0 aliphatic carbocycles. The summed E-state index contributed by atoms with van der Waals surface area (Å²) in [7, 11) is -1.31. The number of hydrogen-bond donors (Lipinski definition) is 1. The van der Waals surface area contributed by atoms with Crippen molar-refractivity contribution in [2.45, 2.75) is 25.4 Å². The molecule has 0 bridgehead atoms. The van der Waals surface area contributed by atoms with Crippen LogP contribution in [0.5, 0.6) is 0 Å². The Kier molecular flexibility index (Phi) is 4.64. The molecule has 1 aliphatic heterocycles. The molecule has 1 N–H and O–H groups in total. The van der Waals surface area contributed by atoms with E-state index in [9.17, 15) is 13.2 Å². The van der Waals surface area contributed by atoms with E-state index in [1.54, 1.807) is 17.9 Å². The molecule has 2 heterocycles. The molecule has 1 fully saturated rings. The molecular formula is C12H20N4O3S. The van der Waals surface area contributed by atoms with Crippen LogP contribution in [0.4, 0.5) is 4.79 Å². The lowest BCUT2D eigenvalue weighted by atomic mass is 10.2. The number of aromatic nitrogens is 2. The Balaban J connectivity index is 1.69. The van der Waals surface area contributed by atoms with E-state index in [2.05, 4.69) is 10.4 Å². The number of sulfone groups is 1. The van der Waals surface area contributed by atoms with Crippen molar-refractivity contribution < 1.29 is 13.2 Å². The van der Waals surface area contributed by atoms with Crippen LogP contribution in [0.2, 0.25) is 0 Å². The first kappa shape index (κ1) is 14.8. The normalized spacial score (nSPS) is 20.8. The van der Waals surface area contributed by atoms with Gasteiger partial charge in [-0.25, -0.2) is 13.2 Å². The summed E-state index contributed by atoms with van der Waals surface area (Å²) in [5, 5.41) is 6.87. The van der Waals surface area contributed by atoms with Crippen LogP contribution in [0, 0.1) is 0 Å². The predicted molar refractivity (Wildman–Crippen MR) is 75.1 cm³/mol. The molecule has 0 aromatic carbocycles. The summed E-state index contributed by atoms with van der Waals surface area (Å²) >= 11 is 0. The van der Waals surface area contributed by atoms with Gasteiger partial charge < -0.3 is 10.2 Å². The minimum Gasteiger partial charge on any atom is -0.338 e. The first-order valence-electron chi connectivity index (χ1n) is 6.66. The van der Waals surface area contributed by atoms with E-state index in [1.807, 2.05) is 12.3 Å². The molecule has 1 aromatic heterocycles. The first-order valence-corrected chi connectivity index (χ1v) is 8.48. The highest BCUT2D eigenvalue weighted by molar-refractivity contribution is 7.91. The van der Waals surface area contributed by atoms with Gasteiger partial charge in [-0.3, -0.25) is 4.68 Å². The zero-order valence-corrected chi connectivity index (χ0v) is 12.3. The van der Waals surface area contributed by atoms with Crippen molar-refractivity contribution in [3.63, 3.8) is 0 Å². The van der Waals surface area contributed by atoms with Crippen molar-refractivity contribution in [3.05, 3.63) is 18.5 Å². The Morgan fingerprint density at radius 2 is 2.35 bits per heavy atom. The van der Waals surface area contributed by atoms with Crippen LogP contribution in [-0.4, -0.2) is 60.3 Å². The van der Waals surface area contributed by atoms with E-state index in [0.717, 1.165) is 13.0 Å². The monoisotopic (exact) mass is 300 g/mol. The average Bonchev–Trinajstić information content (AvgIpc) is 3.02. The lowest BCUT2D eigenvalue weighted by Crippen LogP contribution is -2.44. The number of amides is 2. The van der Waals surface area contributed by atoms with Crippen molar-refractivity contribution in [2.75, 3.05) is 25.1 Å². The van der Waals surface area contributed by atoms with E-state index >= 15 is 0 Å². The molecule has 1 aliphatic rings. The van der Waals surface area contributed by atoms with Gasteiger partial charge in [-0.2, -0.15) is 5.10 Å². The van der Waals surface area contributed by atoms with Gasteiger partial charge in [0.2, 0.25) is 0 Å². The molecule has 0 unspecified atom stereocenters. The molecule has 20 heavy (non-hydrogen) atoms. The van der Waals surface area contributed by atoms with E-state index in [0.29, 0.717) is 13.0 Å². The van der Waals surface area contributed by atoms with Gasteiger partial charge in [-0.05, 0) is 18.9 Å². The standard InChI is InChI=1S/C12H20N4O3S/c1-15(11-4-9-20(18,19)10-11)12(17)13-5-2-7-16-8-3-6-14-16/h3,6,8,11H,2,4-5,7,9-10H2,1H3,(H,13,17)/t11-/m1/s1. The third kappa shape index (κ3) is 3.96. The number of aryl methyl sites for hydroxylation is 1. The third-order valence-electron chi connectivity index (χ3n) is 3.48. The molecule has 8 heteroatoms. The van der Waals surface area contributed by atoms with Crippen LogP contribution in [0.15, 0.2) is 18.5 Å². The van der Waals surface area contributed by atoms with E-state index in [1.165, 1.54) is 4.90 Å². The van der Waals surface area contributed by atoms with Crippen molar-refractivity contribution in [1.29, 1.82) is 0 Å². The highest BCUT2D eigenvalue weighted by Gasteiger charge is 2.32. The topological polar surface area (TPSA) is 84.3 Å². The molecule has 0 saturated carbocycles. The summed E-state index contributed by atoms with van der Waals surface area (Å²) < 4.78 is 24.6. The summed E-state index contributed by atoms with van der Waals surface area (Å²) in [4.78, 5) is 13.4. The number of nitrogens with zero attached hydrogens (tertiary/aromatic N) is 3. The fourth-order valence-corrected chi connectivity index (χ4v) is 4.01. The molecular weight excluding hydrogens is 280 g/mol. The number of urea groups is 1. The molecule has 0 radical (unpaired) electrons. The van der Waals surface area contributed by atoms with Crippen LogP contribution < -0.4 is 5.32 Å². The van der Waals surface area contributed by atoms with Crippen LogP contribution in [-0.2, 0) is 16.4 Å². The van der Waals surface area contributed by atoms with Crippen molar-refractivity contribution in [1.82, 2.24) is 20.0 Å². The van der Waals surface area contributed by atoms with Gasteiger partial charge in [-0.1, -0.05) is 0 Å². The summed E-state index contributed by atoms with van der Waals surface area (Å²) in [5.41, 5.74) is 0. The second-order valence-corrected chi connectivity index (χ2v) is 7.25. The lowest BCUT2D eigenvalue weighted by Gasteiger charge is -2.23. The number of nitrogens with one attached hydrogen (secondary N) is 1. The molecule has 1 aromatic rings. The van der Waals surface area contributed by atoms with Crippen LogP contribution in [0.25, 0.3) is 0 Å². The summed E-state index contributed by atoms with van der Waals surface area (Å²) in [5.74, 6) is 0.249. The van der Waals surface area contributed by atoms with Gasteiger partial charge in [0, 0.05) is 38.6 Å². The minimum absolute atomic E-state index is 0.0736. The molecule has 112 valence electrons. The molecule has 2 rings (SSSR count). The number of hydrogen-bond acceptors (Lipinski definition) is 4. The summed E-state index contributed by atoms with van der Waals surface area (Å²) in [6.45, 7) is 1.29. The van der Waals surface area contributed by atoms with Gasteiger partial charge >= 0.3 is 6.03 Å². The molecule has 1 saturated heterocycles. The van der Waals surface area contributed by atoms with Gasteiger partial charge in [0.25, 0.3) is 0 Å². The molecule has 2 amide bonds. The minimum atomic E-state index is -2.96. The fraction of sp³-hybridized carbons (Fsp3) is 0.667. The van der Waals surface area contributed by atoms with Crippen molar-refractivity contribution in [2.24, 2.45) is 0 Å². The maximum absolute atomic E-state index is 11.9. The quantitative estimate of drug-likeness (QED) is 0.782. The Bertz CT molecular complexity index is 541. The molecule has 7 nitrogen and oxygen atoms in total. The summed E-state index contributed by atoms with van der Waals surface area (Å²) in [6.07, 6.45) is 4.90. The van der Waals surface area contributed by atoms with Crippen molar-refractivity contribution >= 4 is 15.9 Å². The fourth-order valence-electron chi connectivity index (χ4n) is 2.24. The van der Waals surface area contributed by atoms with Crippen LogP contribution in [0.3, 0.4) is 0 Å². The maximum atomic E-state index is 11.9. The highest BCUT2D eigenvalue weighted by atomic mass is 32.2. The predicted octanol–water partition coefficient (Wildman–Crippen LogP) is 0.102. The maximum Gasteiger partial charge on any atom is 0.317 e. The summed E-state index contributed by atoms with van der Waals surface area (Å²) in [6, 6.07) is 1.44. The van der Waals surface area contributed by atoms with E-state index in [-0.39, 0.29) is 23.6 Å². The molecule has 1 atom stereocenters. The molecule has 0 spiro atoms. The second-order valence-electron chi connectivity index (χ2n) is 5.02. The van der Waals surface area contributed by atoms with Crippen LogP contribution >= 0.6 is 0 Å². The highest BCUT2D eigenvalue weighted by Crippen LogP contribution is 2.16. The second kappa shape index (κ2) is 6.25. The third-order valence-corrected chi connectivity index (χ3v) is 5.23. The van der Waals surface area contributed by atoms with Gasteiger partial charge in [0.1, 0.15) is 0 Å². The van der Waals surface area contributed by atoms with Crippen LogP contribution in [0.1, 0.15) is 12.8 Å². The number of rotatable bonds is 5. The van der Waals surface area contributed by atoms with E-state index in [4.69, 9.17) is 0 Å². The Labute approximate surface area is 118 Å². The largest absolute Gasteiger partial charge is 0.338 e. The van der Waals surface area contributed by atoms with E-state index < -0.39 is 9.84 Å². The Morgan fingerprint density at radius 3 is 2.95 bits per heavy atom. The Hall–Kier alpha value is -1.57. The first-order chi connectivity index (χ1) is 9.48. The average molecular weight is 300 g/mol. The number of carbonyl (C=O) groups excluding carboxylic acids is 1. The van der Waals surface area contributed by atoms with Gasteiger partial charge in [0.15, 0.2) is 9.84 Å². The SMILES string of the molecule is CN(C(=O)NCCCn1cccn1)[C@@H]1CCS(=O)(=O)C1. The Morgan fingerprint density at radius 1 is 1.55 bits per heavy atom. The zero-order chi connectivity index (χ0) is 14.6. The lowest BCUT2D eigenvalue weighted by molar-refractivity contribution is 0.195. The zero-order valence-electron chi connectivity index (χ0n) is 11.5. The smallest absolute Gasteiger partial charge is 0.317 e. The van der Waals surface area contributed by atoms with Gasteiger partial charge in [-0.15, -0.1) is 0 Å². The van der Waals surface area contributed by atoms with Crippen molar-refractivity contribution in [3.8, 4) is 0 Å².